The number of nitrogens with zero attached hydrogens (tertiary/aromatic N) is 1. The number of carbonyl (C=O) groups excluding carboxylic acids is 1. The second-order valence-electron chi connectivity index (χ2n) is 6.25. The van der Waals surface area contributed by atoms with Crippen molar-refractivity contribution in [1.29, 1.82) is 0 Å². The van der Waals surface area contributed by atoms with Crippen LogP contribution in [0, 0.1) is 0 Å². The summed E-state index contributed by atoms with van der Waals surface area (Å²) in [5, 5.41) is 1.88. The zero-order valence-corrected chi connectivity index (χ0v) is 14.6. The first kappa shape index (κ1) is 17.2. The van der Waals surface area contributed by atoms with Gasteiger partial charge in [-0.25, -0.2) is 18.1 Å². The number of methoxy groups -OCH3 is 1. The van der Waals surface area contributed by atoms with E-state index in [2.05, 4.69) is 10.1 Å². The maximum Gasteiger partial charge on any atom is 0.265 e. The van der Waals surface area contributed by atoms with Crippen LogP contribution in [0.2, 0.25) is 0 Å². The first-order valence-electron chi connectivity index (χ1n) is 8.26. The lowest BCUT2D eigenvalue weighted by molar-refractivity contribution is 0.0750. The van der Waals surface area contributed by atoms with Gasteiger partial charge in [0.2, 0.25) is 10.0 Å². The van der Waals surface area contributed by atoms with Crippen LogP contribution in [0.15, 0.2) is 23.1 Å². The summed E-state index contributed by atoms with van der Waals surface area (Å²) in [6, 6.07) is 4.47. The van der Waals surface area contributed by atoms with Crippen molar-refractivity contribution in [2.75, 3.05) is 20.2 Å². The fourth-order valence-electron chi connectivity index (χ4n) is 2.73. The van der Waals surface area contributed by atoms with E-state index in [0.29, 0.717) is 5.56 Å². The van der Waals surface area contributed by atoms with Gasteiger partial charge in [0.25, 0.3) is 5.91 Å². The molecule has 0 atom stereocenters. The smallest absolute Gasteiger partial charge is 0.265 e. The van der Waals surface area contributed by atoms with Crippen LogP contribution in [0.25, 0.3) is 0 Å². The minimum atomic E-state index is -3.70. The van der Waals surface area contributed by atoms with Gasteiger partial charge in [0.05, 0.1) is 7.11 Å². The summed E-state index contributed by atoms with van der Waals surface area (Å²) < 4.78 is 32.8. The predicted molar refractivity (Wildman–Crippen MR) is 89.2 cm³/mol. The Morgan fingerprint density at radius 2 is 1.92 bits per heavy atom. The van der Waals surface area contributed by atoms with E-state index in [1.807, 2.05) is 5.01 Å². The normalized spacial score (nSPS) is 19.0. The van der Waals surface area contributed by atoms with Crippen molar-refractivity contribution in [2.45, 2.75) is 43.0 Å². The van der Waals surface area contributed by atoms with Crippen LogP contribution in [-0.4, -0.2) is 45.6 Å². The number of amides is 1. The monoisotopic (exact) mass is 353 g/mol. The average molecular weight is 353 g/mol. The van der Waals surface area contributed by atoms with Crippen molar-refractivity contribution < 1.29 is 17.9 Å². The molecule has 2 aliphatic rings. The summed E-state index contributed by atoms with van der Waals surface area (Å²) in [7, 11) is -2.28. The van der Waals surface area contributed by atoms with Crippen molar-refractivity contribution in [3.63, 3.8) is 0 Å². The van der Waals surface area contributed by atoms with Crippen LogP contribution in [0.4, 0.5) is 0 Å². The lowest BCUT2D eigenvalue weighted by Gasteiger charge is -2.26. The minimum Gasteiger partial charge on any atom is -0.495 e. The number of rotatable bonds is 6. The molecular weight excluding hydrogens is 330 g/mol. The Morgan fingerprint density at radius 1 is 1.21 bits per heavy atom. The number of piperidine rings is 1. The number of hydrogen-bond acceptors (Lipinski definition) is 5. The Labute approximate surface area is 142 Å². The Morgan fingerprint density at radius 3 is 2.54 bits per heavy atom. The second-order valence-corrected chi connectivity index (χ2v) is 7.93. The molecule has 1 aliphatic heterocycles. The van der Waals surface area contributed by atoms with Gasteiger partial charge in [-0.15, -0.1) is 0 Å². The molecule has 1 amide bonds. The third-order valence-corrected chi connectivity index (χ3v) is 5.77. The van der Waals surface area contributed by atoms with Crippen molar-refractivity contribution in [3.05, 3.63) is 23.8 Å². The van der Waals surface area contributed by atoms with Crippen molar-refractivity contribution in [1.82, 2.24) is 15.2 Å². The topological polar surface area (TPSA) is 87.7 Å². The minimum absolute atomic E-state index is 0.00296. The zero-order chi connectivity index (χ0) is 17.2. The van der Waals surface area contributed by atoms with Gasteiger partial charge in [-0.05, 0) is 43.9 Å². The molecule has 1 aromatic carbocycles. The summed E-state index contributed by atoms with van der Waals surface area (Å²) in [6.07, 6.45) is 4.96. The van der Waals surface area contributed by atoms with Crippen LogP contribution in [0.1, 0.15) is 42.5 Å². The zero-order valence-electron chi connectivity index (χ0n) is 13.7. The Balaban J connectivity index is 1.81. The number of carbonyl (C=O) groups is 1. The van der Waals surface area contributed by atoms with Gasteiger partial charge in [0.1, 0.15) is 10.6 Å². The molecule has 0 unspecified atom stereocenters. The molecule has 1 heterocycles. The fourth-order valence-corrected chi connectivity index (χ4v) is 4.23. The molecule has 0 bridgehead atoms. The van der Waals surface area contributed by atoms with E-state index >= 15 is 0 Å². The first-order chi connectivity index (χ1) is 11.5. The van der Waals surface area contributed by atoms with Gasteiger partial charge in [0, 0.05) is 24.7 Å². The molecule has 7 nitrogen and oxygen atoms in total. The Kier molecular flexibility index (Phi) is 5.07. The average Bonchev–Trinajstić information content (AvgIpc) is 3.38. The highest BCUT2D eigenvalue weighted by molar-refractivity contribution is 7.89. The van der Waals surface area contributed by atoms with Crippen LogP contribution >= 0.6 is 0 Å². The molecule has 24 heavy (non-hydrogen) atoms. The van der Waals surface area contributed by atoms with Crippen LogP contribution in [-0.2, 0) is 10.0 Å². The third-order valence-electron chi connectivity index (χ3n) is 4.23. The first-order valence-corrected chi connectivity index (χ1v) is 9.74. The van der Waals surface area contributed by atoms with Gasteiger partial charge >= 0.3 is 0 Å². The van der Waals surface area contributed by atoms with Crippen molar-refractivity contribution >= 4 is 15.9 Å². The standard InChI is InChI=1S/C16H23N3O4S/c1-23-14-8-5-12(16(20)17-19-9-3-2-4-10-19)11-15(14)24(21,22)18-13-6-7-13/h5,8,11,13,18H,2-4,6-7,9-10H2,1H3,(H,17,20). The molecular formula is C16H23N3O4S. The summed E-state index contributed by atoms with van der Waals surface area (Å²) in [6.45, 7) is 1.63. The van der Waals surface area contributed by atoms with Gasteiger partial charge in [-0.3, -0.25) is 10.2 Å². The van der Waals surface area contributed by atoms with Gasteiger partial charge in [-0.1, -0.05) is 6.42 Å². The highest BCUT2D eigenvalue weighted by Gasteiger charge is 2.30. The van der Waals surface area contributed by atoms with E-state index < -0.39 is 10.0 Å². The van der Waals surface area contributed by atoms with E-state index in [1.54, 1.807) is 6.07 Å². The molecule has 1 aliphatic carbocycles. The highest BCUT2D eigenvalue weighted by atomic mass is 32.2. The van der Waals surface area contributed by atoms with Crippen LogP contribution < -0.4 is 14.9 Å². The summed E-state index contributed by atoms with van der Waals surface area (Å²) >= 11 is 0. The largest absolute Gasteiger partial charge is 0.495 e. The Bertz CT molecular complexity index is 710. The van der Waals surface area contributed by atoms with Crippen molar-refractivity contribution in [3.8, 4) is 5.75 Å². The molecule has 3 rings (SSSR count). The summed E-state index contributed by atoms with van der Waals surface area (Å²) in [4.78, 5) is 12.4. The lowest BCUT2D eigenvalue weighted by atomic mass is 10.1. The molecule has 2 fully saturated rings. The number of ether oxygens (including phenoxy) is 1. The van der Waals surface area contributed by atoms with E-state index in [0.717, 1.165) is 38.8 Å². The number of nitrogens with one attached hydrogen (secondary N) is 2. The highest BCUT2D eigenvalue weighted by Crippen LogP contribution is 2.28. The number of benzene rings is 1. The van der Waals surface area contributed by atoms with E-state index in [4.69, 9.17) is 4.74 Å². The predicted octanol–water partition coefficient (Wildman–Crippen LogP) is 1.27. The van der Waals surface area contributed by atoms with E-state index in [9.17, 15) is 13.2 Å². The van der Waals surface area contributed by atoms with Crippen LogP contribution in [0.3, 0.4) is 0 Å². The van der Waals surface area contributed by atoms with Gasteiger partial charge in [-0.2, -0.15) is 0 Å². The fraction of sp³-hybridized carbons (Fsp3) is 0.562. The third kappa shape index (κ3) is 4.06. The maximum absolute atomic E-state index is 12.5. The molecule has 0 radical (unpaired) electrons. The second kappa shape index (κ2) is 7.08. The van der Waals surface area contributed by atoms with E-state index in [-0.39, 0.29) is 22.6 Å². The number of hydrogen-bond donors (Lipinski definition) is 2. The summed E-state index contributed by atoms with van der Waals surface area (Å²) in [5.74, 6) is -0.0694. The number of sulfonamides is 1. The van der Waals surface area contributed by atoms with Crippen LogP contribution in [0.5, 0.6) is 5.75 Å². The molecule has 1 saturated carbocycles. The van der Waals surface area contributed by atoms with E-state index in [1.165, 1.54) is 25.7 Å². The van der Waals surface area contributed by atoms with Crippen molar-refractivity contribution in [2.24, 2.45) is 0 Å². The molecule has 0 aromatic heterocycles. The summed E-state index contributed by atoms with van der Waals surface area (Å²) in [5.41, 5.74) is 3.15. The Hall–Kier alpha value is -1.64. The molecule has 1 saturated heterocycles. The molecule has 0 spiro atoms. The molecule has 8 heteroatoms. The molecule has 132 valence electrons. The van der Waals surface area contributed by atoms with Gasteiger partial charge < -0.3 is 4.74 Å². The van der Waals surface area contributed by atoms with Gasteiger partial charge in [0.15, 0.2) is 0 Å². The molecule has 2 N–H and O–H groups in total. The lowest BCUT2D eigenvalue weighted by Crippen LogP contribution is -2.45. The maximum atomic E-state index is 12.5. The molecule has 1 aromatic rings. The SMILES string of the molecule is COc1ccc(C(=O)NN2CCCCC2)cc1S(=O)(=O)NC1CC1. The number of hydrazine groups is 1. The quantitative estimate of drug-likeness (QED) is 0.804.